The van der Waals surface area contributed by atoms with E-state index < -0.39 is 22.7 Å². The maximum Gasteiger partial charge on any atom is 0.417 e. The number of hydrogen-bond donors (Lipinski definition) is 1. The zero-order valence-corrected chi connectivity index (χ0v) is 14.6. The first kappa shape index (κ1) is 18.5. The summed E-state index contributed by atoms with van der Waals surface area (Å²) in [6.45, 7) is -0.133. The van der Waals surface area contributed by atoms with Crippen LogP contribution in [0.4, 0.5) is 24.8 Å². The molecule has 0 saturated carbocycles. The van der Waals surface area contributed by atoms with Gasteiger partial charge in [-0.25, -0.2) is 9.97 Å². The van der Waals surface area contributed by atoms with Crippen LogP contribution in [-0.4, -0.2) is 29.5 Å². The first-order valence-electron chi connectivity index (χ1n) is 6.52. The summed E-state index contributed by atoms with van der Waals surface area (Å²) in [7, 11) is 1.59. The van der Waals surface area contributed by atoms with Crippen molar-refractivity contribution in [2.75, 3.05) is 23.8 Å². The molecule has 1 amide bonds. The monoisotopic (exact) mass is 422 g/mol. The van der Waals surface area contributed by atoms with Crippen LogP contribution in [0, 0.1) is 0 Å². The Morgan fingerprint density at radius 1 is 1.33 bits per heavy atom. The molecule has 0 atom stereocenters. The zero-order valence-electron chi connectivity index (χ0n) is 12.2. The van der Waals surface area contributed by atoms with E-state index in [1.807, 2.05) is 0 Å². The maximum atomic E-state index is 12.8. The number of hydrogen-bond acceptors (Lipinski definition) is 4. The number of halogens is 5. The van der Waals surface area contributed by atoms with Gasteiger partial charge in [-0.3, -0.25) is 4.79 Å². The van der Waals surface area contributed by atoms with E-state index >= 15 is 0 Å². The maximum absolute atomic E-state index is 12.8. The van der Waals surface area contributed by atoms with Crippen molar-refractivity contribution < 1.29 is 18.0 Å². The van der Waals surface area contributed by atoms with Gasteiger partial charge in [0.15, 0.2) is 0 Å². The highest BCUT2D eigenvalue weighted by atomic mass is 79.9. The van der Waals surface area contributed by atoms with E-state index in [1.165, 1.54) is 23.4 Å². The first-order valence-corrected chi connectivity index (χ1v) is 7.69. The molecular weight excluding hydrogens is 413 g/mol. The molecule has 0 spiro atoms. The van der Waals surface area contributed by atoms with Gasteiger partial charge in [0.2, 0.25) is 11.9 Å². The number of carbonyl (C=O) groups is 1. The SMILES string of the molecule is CN(CC(=O)Nc1ccc(Cl)c(C(F)(F)F)c1)c1ncc(Br)cn1. The molecule has 0 fully saturated rings. The van der Waals surface area contributed by atoms with Gasteiger partial charge in [0.25, 0.3) is 0 Å². The van der Waals surface area contributed by atoms with Crippen LogP contribution in [0.25, 0.3) is 0 Å². The second-order valence-electron chi connectivity index (χ2n) is 4.80. The highest BCUT2D eigenvalue weighted by Crippen LogP contribution is 2.36. The molecule has 0 bridgehead atoms. The van der Waals surface area contributed by atoms with Crippen LogP contribution >= 0.6 is 27.5 Å². The largest absolute Gasteiger partial charge is 0.417 e. The smallest absolute Gasteiger partial charge is 0.335 e. The average Bonchev–Trinajstić information content (AvgIpc) is 2.48. The van der Waals surface area contributed by atoms with Gasteiger partial charge in [0.05, 0.1) is 21.6 Å². The quantitative estimate of drug-likeness (QED) is 0.808. The molecular formula is C14H11BrClF3N4O. The summed E-state index contributed by atoms with van der Waals surface area (Å²) in [5.74, 6) is -0.208. The third-order valence-corrected chi connectivity index (χ3v) is 3.62. The summed E-state index contributed by atoms with van der Waals surface area (Å²) in [6.07, 6.45) is -1.56. The minimum Gasteiger partial charge on any atom is -0.335 e. The van der Waals surface area contributed by atoms with E-state index in [2.05, 4.69) is 31.2 Å². The van der Waals surface area contributed by atoms with Crippen LogP contribution in [0.5, 0.6) is 0 Å². The first-order chi connectivity index (χ1) is 11.2. The molecule has 2 rings (SSSR count). The van der Waals surface area contributed by atoms with Gasteiger partial charge in [-0.15, -0.1) is 0 Å². The molecule has 0 aliphatic rings. The standard InChI is InChI=1S/C14H11BrClF3N4O/c1-23(13-20-5-8(15)6-21-13)7-12(24)22-9-2-3-11(16)10(4-9)14(17,18)19/h2-6H,7H2,1H3,(H,22,24). The molecule has 0 radical (unpaired) electrons. The van der Waals surface area contributed by atoms with Gasteiger partial charge in [-0.05, 0) is 34.1 Å². The summed E-state index contributed by atoms with van der Waals surface area (Å²) >= 11 is 8.73. The highest BCUT2D eigenvalue weighted by Gasteiger charge is 2.33. The van der Waals surface area contributed by atoms with Crippen LogP contribution in [0.2, 0.25) is 5.02 Å². The number of amides is 1. The van der Waals surface area contributed by atoms with Crippen molar-refractivity contribution in [1.82, 2.24) is 9.97 Å². The van der Waals surface area contributed by atoms with Crippen molar-refractivity contribution in [2.24, 2.45) is 0 Å². The molecule has 24 heavy (non-hydrogen) atoms. The second kappa shape index (κ2) is 7.35. The van der Waals surface area contributed by atoms with Gasteiger partial charge >= 0.3 is 6.18 Å². The van der Waals surface area contributed by atoms with Gasteiger partial charge in [-0.2, -0.15) is 13.2 Å². The molecule has 0 aliphatic heterocycles. The number of anilines is 2. The van der Waals surface area contributed by atoms with Crippen molar-refractivity contribution in [3.05, 3.63) is 45.7 Å². The molecule has 1 N–H and O–H groups in total. The Labute approximate surface area is 149 Å². The predicted octanol–water partition coefficient (Wildman–Crippen LogP) is 3.99. The molecule has 0 aliphatic carbocycles. The minimum atomic E-state index is -4.60. The molecule has 128 valence electrons. The van der Waals surface area contributed by atoms with Crippen molar-refractivity contribution in [3.8, 4) is 0 Å². The fourth-order valence-electron chi connectivity index (χ4n) is 1.81. The Bertz CT molecular complexity index is 740. The molecule has 1 aromatic heterocycles. The third kappa shape index (κ3) is 4.81. The van der Waals surface area contributed by atoms with Crippen LogP contribution in [0.15, 0.2) is 35.1 Å². The fourth-order valence-corrected chi connectivity index (χ4v) is 2.24. The molecule has 10 heteroatoms. The number of rotatable bonds is 4. The topological polar surface area (TPSA) is 58.1 Å². The van der Waals surface area contributed by atoms with Crippen LogP contribution in [0.3, 0.4) is 0 Å². The summed E-state index contributed by atoms with van der Waals surface area (Å²) in [5, 5.41) is 1.96. The van der Waals surface area contributed by atoms with Gasteiger partial charge in [0.1, 0.15) is 0 Å². The van der Waals surface area contributed by atoms with E-state index in [-0.39, 0.29) is 12.2 Å². The fraction of sp³-hybridized carbons (Fsp3) is 0.214. The van der Waals surface area contributed by atoms with Crippen molar-refractivity contribution in [3.63, 3.8) is 0 Å². The Kier molecular flexibility index (Phi) is 5.66. The lowest BCUT2D eigenvalue weighted by molar-refractivity contribution is -0.137. The number of alkyl halides is 3. The Hall–Kier alpha value is -1.87. The molecule has 5 nitrogen and oxygen atoms in total. The Morgan fingerprint density at radius 3 is 2.54 bits per heavy atom. The number of aromatic nitrogens is 2. The summed E-state index contributed by atoms with van der Waals surface area (Å²) in [6, 6.07) is 3.17. The van der Waals surface area contributed by atoms with E-state index in [1.54, 1.807) is 7.05 Å². The van der Waals surface area contributed by atoms with Crippen LogP contribution < -0.4 is 10.2 Å². The Balaban J connectivity index is 2.06. The number of nitrogens with one attached hydrogen (secondary N) is 1. The van der Waals surface area contributed by atoms with Crippen molar-refractivity contribution in [1.29, 1.82) is 0 Å². The zero-order chi connectivity index (χ0) is 17.9. The lowest BCUT2D eigenvalue weighted by atomic mass is 10.2. The summed E-state index contributed by atoms with van der Waals surface area (Å²) < 4.78 is 39.1. The number of benzene rings is 1. The molecule has 1 heterocycles. The molecule has 2 aromatic rings. The minimum absolute atomic E-state index is 0.00171. The third-order valence-electron chi connectivity index (χ3n) is 2.88. The van der Waals surface area contributed by atoms with Crippen molar-refractivity contribution >= 4 is 45.1 Å². The number of likely N-dealkylation sites (N-methyl/N-ethyl adjacent to an activating group) is 1. The summed E-state index contributed by atoms with van der Waals surface area (Å²) in [5.41, 5.74) is -1.01. The number of nitrogens with zero attached hydrogens (tertiary/aromatic N) is 3. The Morgan fingerprint density at radius 2 is 1.96 bits per heavy atom. The predicted molar refractivity (Wildman–Crippen MR) is 88.1 cm³/mol. The van der Waals surface area contributed by atoms with Gasteiger partial charge in [-0.1, -0.05) is 11.6 Å². The highest BCUT2D eigenvalue weighted by molar-refractivity contribution is 9.10. The van der Waals surface area contributed by atoms with E-state index in [4.69, 9.17) is 11.6 Å². The van der Waals surface area contributed by atoms with Gasteiger partial charge < -0.3 is 10.2 Å². The average molecular weight is 424 g/mol. The summed E-state index contributed by atoms with van der Waals surface area (Å²) in [4.78, 5) is 21.5. The van der Waals surface area contributed by atoms with E-state index in [0.29, 0.717) is 10.4 Å². The lowest BCUT2D eigenvalue weighted by Crippen LogP contribution is -2.31. The van der Waals surface area contributed by atoms with E-state index in [0.717, 1.165) is 12.1 Å². The van der Waals surface area contributed by atoms with E-state index in [9.17, 15) is 18.0 Å². The van der Waals surface area contributed by atoms with Crippen molar-refractivity contribution in [2.45, 2.75) is 6.18 Å². The molecule has 1 aromatic carbocycles. The normalized spacial score (nSPS) is 11.2. The number of carbonyl (C=O) groups excluding carboxylic acids is 1. The molecule has 0 unspecified atom stereocenters. The molecule has 0 saturated heterocycles. The van der Waals surface area contributed by atoms with Crippen LogP contribution in [0.1, 0.15) is 5.56 Å². The van der Waals surface area contributed by atoms with Gasteiger partial charge in [0, 0.05) is 25.1 Å². The second-order valence-corrected chi connectivity index (χ2v) is 6.12. The van der Waals surface area contributed by atoms with Crippen LogP contribution in [-0.2, 0) is 11.0 Å². The lowest BCUT2D eigenvalue weighted by Gasteiger charge is -2.17.